The third kappa shape index (κ3) is 3.72. The predicted molar refractivity (Wildman–Crippen MR) is 97.4 cm³/mol. The van der Waals surface area contributed by atoms with Gasteiger partial charge in [0.15, 0.2) is 5.82 Å². The number of para-hydroxylation sites is 1. The Morgan fingerprint density at radius 3 is 2.44 bits per heavy atom. The summed E-state index contributed by atoms with van der Waals surface area (Å²) in [5.41, 5.74) is 0.898. The lowest BCUT2D eigenvalue weighted by Crippen LogP contribution is -2.48. The standard InChI is InChI=1S/C17H19N7O2S/c25-27(26,16-7-4-8-18-13-16)23-11-9-22(10-12-23)14-17-19-20-21-24(17)15-5-2-1-3-6-15/h1-8,13H,9-12,14H2. The van der Waals surface area contributed by atoms with E-state index in [-0.39, 0.29) is 4.90 Å². The summed E-state index contributed by atoms with van der Waals surface area (Å²) in [5.74, 6) is 0.727. The molecule has 1 aromatic carbocycles. The Hall–Kier alpha value is -2.69. The van der Waals surface area contributed by atoms with Crippen LogP contribution in [0, 0.1) is 0 Å². The molecule has 10 heteroatoms. The third-order valence-corrected chi connectivity index (χ3v) is 6.39. The number of hydrogen-bond acceptors (Lipinski definition) is 7. The minimum atomic E-state index is -3.50. The lowest BCUT2D eigenvalue weighted by atomic mass is 10.3. The molecule has 1 aliphatic rings. The maximum atomic E-state index is 12.7. The van der Waals surface area contributed by atoms with Crippen LogP contribution in [0.25, 0.3) is 5.69 Å². The number of tetrazole rings is 1. The van der Waals surface area contributed by atoms with Crippen molar-refractivity contribution in [2.24, 2.45) is 0 Å². The molecule has 1 fully saturated rings. The fourth-order valence-electron chi connectivity index (χ4n) is 3.05. The van der Waals surface area contributed by atoms with Crippen LogP contribution in [0.1, 0.15) is 5.82 Å². The van der Waals surface area contributed by atoms with Gasteiger partial charge in [-0.1, -0.05) is 18.2 Å². The number of rotatable bonds is 5. The van der Waals surface area contributed by atoms with E-state index in [1.807, 2.05) is 30.3 Å². The molecule has 0 saturated carbocycles. The SMILES string of the molecule is O=S(=O)(c1cccnc1)N1CCN(Cc2nnnn2-c2ccccc2)CC1. The van der Waals surface area contributed by atoms with Crippen LogP contribution >= 0.6 is 0 Å². The van der Waals surface area contributed by atoms with Crippen molar-refractivity contribution in [3.63, 3.8) is 0 Å². The van der Waals surface area contributed by atoms with Gasteiger partial charge < -0.3 is 0 Å². The Bertz CT molecular complexity index is 984. The quantitative estimate of drug-likeness (QED) is 0.633. The van der Waals surface area contributed by atoms with Crippen LogP contribution in [-0.2, 0) is 16.6 Å². The molecule has 4 rings (SSSR count). The van der Waals surface area contributed by atoms with Gasteiger partial charge in [0.2, 0.25) is 10.0 Å². The highest BCUT2D eigenvalue weighted by Crippen LogP contribution is 2.17. The fraction of sp³-hybridized carbons (Fsp3) is 0.294. The molecule has 1 saturated heterocycles. The first-order chi connectivity index (χ1) is 13.1. The van der Waals surface area contributed by atoms with Gasteiger partial charge in [-0.3, -0.25) is 9.88 Å². The second-order valence-electron chi connectivity index (χ2n) is 6.21. The maximum absolute atomic E-state index is 12.7. The van der Waals surface area contributed by atoms with Gasteiger partial charge >= 0.3 is 0 Å². The van der Waals surface area contributed by atoms with Gasteiger partial charge in [-0.15, -0.1) is 5.10 Å². The molecule has 0 atom stereocenters. The van der Waals surface area contributed by atoms with Crippen molar-refractivity contribution in [2.75, 3.05) is 26.2 Å². The van der Waals surface area contributed by atoms with E-state index in [0.29, 0.717) is 32.7 Å². The molecule has 3 heterocycles. The lowest BCUT2D eigenvalue weighted by Gasteiger charge is -2.33. The molecule has 0 radical (unpaired) electrons. The number of hydrogen-bond donors (Lipinski definition) is 0. The van der Waals surface area contributed by atoms with Crippen LogP contribution in [0.4, 0.5) is 0 Å². The van der Waals surface area contributed by atoms with Gasteiger partial charge in [0.25, 0.3) is 0 Å². The van der Waals surface area contributed by atoms with Crippen molar-refractivity contribution in [2.45, 2.75) is 11.4 Å². The summed E-state index contributed by atoms with van der Waals surface area (Å²) in [5, 5.41) is 12.0. The van der Waals surface area contributed by atoms with Crippen molar-refractivity contribution in [1.82, 2.24) is 34.4 Å². The van der Waals surface area contributed by atoms with E-state index in [4.69, 9.17) is 0 Å². The van der Waals surface area contributed by atoms with Crippen molar-refractivity contribution in [1.29, 1.82) is 0 Å². The summed E-state index contributed by atoms with van der Waals surface area (Å²) in [6, 6.07) is 12.9. The zero-order chi connectivity index (χ0) is 18.7. The lowest BCUT2D eigenvalue weighted by molar-refractivity contribution is 0.177. The molecule has 2 aromatic heterocycles. The average Bonchev–Trinajstić information content (AvgIpc) is 3.18. The molecule has 0 N–H and O–H groups in total. The van der Waals surface area contributed by atoms with Crippen LogP contribution in [-0.4, -0.2) is 69.0 Å². The Morgan fingerprint density at radius 1 is 0.963 bits per heavy atom. The average molecular weight is 385 g/mol. The highest BCUT2D eigenvalue weighted by molar-refractivity contribution is 7.89. The number of aromatic nitrogens is 5. The smallest absolute Gasteiger partial charge is 0.244 e. The Balaban J connectivity index is 1.42. The van der Waals surface area contributed by atoms with Crippen LogP contribution in [0.3, 0.4) is 0 Å². The molecule has 0 spiro atoms. The van der Waals surface area contributed by atoms with E-state index in [0.717, 1.165) is 11.5 Å². The molecular weight excluding hydrogens is 366 g/mol. The van der Waals surface area contributed by atoms with Crippen LogP contribution in [0.15, 0.2) is 59.8 Å². The minimum absolute atomic E-state index is 0.228. The number of nitrogens with zero attached hydrogens (tertiary/aromatic N) is 7. The summed E-state index contributed by atoms with van der Waals surface area (Å²) < 4.78 is 28.6. The Morgan fingerprint density at radius 2 is 1.74 bits per heavy atom. The zero-order valence-electron chi connectivity index (χ0n) is 14.6. The molecule has 140 valence electrons. The summed E-state index contributed by atoms with van der Waals surface area (Å²) >= 11 is 0. The summed E-state index contributed by atoms with van der Waals surface area (Å²) in [6.45, 7) is 2.62. The van der Waals surface area contributed by atoms with Crippen LogP contribution in [0.2, 0.25) is 0 Å². The summed E-state index contributed by atoms with van der Waals surface area (Å²) in [6.07, 6.45) is 2.95. The number of piperazine rings is 1. The second-order valence-corrected chi connectivity index (χ2v) is 8.15. The van der Waals surface area contributed by atoms with Gasteiger partial charge in [0.05, 0.1) is 12.2 Å². The minimum Gasteiger partial charge on any atom is -0.293 e. The highest BCUT2D eigenvalue weighted by atomic mass is 32.2. The first-order valence-corrected chi connectivity index (χ1v) is 10.0. The van der Waals surface area contributed by atoms with Gasteiger partial charge in [0.1, 0.15) is 4.90 Å². The predicted octanol–water partition coefficient (Wildman–Crippen LogP) is 0.564. The van der Waals surface area contributed by atoms with Gasteiger partial charge in [-0.05, 0) is 34.7 Å². The van der Waals surface area contributed by atoms with E-state index in [1.165, 1.54) is 10.5 Å². The largest absolute Gasteiger partial charge is 0.293 e. The van der Waals surface area contributed by atoms with Crippen molar-refractivity contribution < 1.29 is 8.42 Å². The second kappa shape index (κ2) is 7.51. The molecule has 3 aromatic rings. The molecule has 0 unspecified atom stereocenters. The third-order valence-electron chi connectivity index (χ3n) is 4.50. The molecule has 0 amide bonds. The van der Waals surface area contributed by atoms with Gasteiger partial charge in [0, 0.05) is 38.6 Å². The van der Waals surface area contributed by atoms with Crippen molar-refractivity contribution in [3.05, 3.63) is 60.7 Å². The molecule has 9 nitrogen and oxygen atoms in total. The summed E-state index contributed by atoms with van der Waals surface area (Å²) in [7, 11) is -3.50. The topological polar surface area (TPSA) is 97.1 Å². The molecular formula is C17H19N7O2S. The van der Waals surface area contributed by atoms with Gasteiger partial charge in [-0.25, -0.2) is 8.42 Å². The number of sulfonamides is 1. The van der Waals surface area contributed by atoms with E-state index in [9.17, 15) is 8.42 Å². The Labute approximate surface area is 157 Å². The molecule has 27 heavy (non-hydrogen) atoms. The van der Waals surface area contributed by atoms with E-state index >= 15 is 0 Å². The fourth-order valence-corrected chi connectivity index (χ4v) is 4.44. The first-order valence-electron chi connectivity index (χ1n) is 8.60. The first kappa shape index (κ1) is 17.7. The Kier molecular flexibility index (Phi) is 4.92. The van der Waals surface area contributed by atoms with Crippen LogP contribution in [0.5, 0.6) is 0 Å². The normalized spacial score (nSPS) is 16.4. The van der Waals surface area contributed by atoms with E-state index in [2.05, 4.69) is 25.4 Å². The number of pyridine rings is 1. The molecule has 1 aliphatic heterocycles. The van der Waals surface area contributed by atoms with Crippen molar-refractivity contribution in [3.8, 4) is 5.69 Å². The zero-order valence-corrected chi connectivity index (χ0v) is 15.4. The van der Waals surface area contributed by atoms with E-state index in [1.54, 1.807) is 23.0 Å². The number of benzene rings is 1. The van der Waals surface area contributed by atoms with Gasteiger partial charge in [-0.2, -0.15) is 8.99 Å². The van der Waals surface area contributed by atoms with Crippen molar-refractivity contribution >= 4 is 10.0 Å². The molecule has 0 bridgehead atoms. The summed E-state index contributed by atoms with van der Waals surface area (Å²) in [4.78, 5) is 6.29. The highest BCUT2D eigenvalue weighted by Gasteiger charge is 2.29. The molecule has 0 aliphatic carbocycles. The van der Waals surface area contributed by atoms with E-state index < -0.39 is 10.0 Å². The maximum Gasteiger partial charge on any atom is 0.244 e. The monoisotopic (exact) mass is 385 g/mol. The van der Waals surface area contributed by atoms with Crippen LogP contribution < -0.4 is 0 Å².